The van der Waals surface area contributed by atoms with Crippen molar-refractivity contribution < 1.29 is 49.0 Å². The number of hydrogen-bond donors (Lipinski definition) is 0. The molecular formula is C12H13F9O2. The second-order valence-electron chi connectivity index (χ2n) is 4.79. The van der Waals surface area contributed by atoms with Crippen molar-refractivity contribution in [3.8, 4) is 0 Å². The Morgan fingerprint density at radius 3 is 1.74 bits per heavy atom. The van der Waals surface area contributed by atoms with Crippen LogP contribution in [0, 0.1) is 0 Å². The fraction of sp³-hybridized carbons (Fsp3) is 0.750. The molecule has 0 aliphatic rings. The van der Waals surface area contributed by atoms with Crippen LogP contribution < -0.4 is 0 Å². The number of carbonyl (C=O) groups is 1. The molecule has 0 saturated heterocycles. The third-order valence-electron chi connectivity index (χ3n) is 2.60. The first kappa shape index (κ1) is 21.6. The zero-order valence-corrected chi connectivity index (χ0v) is 11.8. The molecule has 0 spiro atoms. The van der Waals surface area contributed by atoms with Gasteiger partial charge in [0.25, 0.3) is 0 Å². The maximum absolute atomic E-state index is 13.2. The summed E-state index contributed by atoms with van der Waals surface area (Å²) in [6.07, 6.45) is -16.0. The molecule has 0 aromatic heterocycles. The number of ether oxygens (including phenoxy) is 1. The summed E-state index contributed by atoms with van der Waals surface area (Å²) in [4.78, 5) is 10.8. The molecule has 0 amide bonds. The van der Waals surface area contributed by atoms with Crippen molar-refractivity contribution in [2.75, 3.05) is 0 Å². The molecule has 0 aliphatic carbocycles. The van der Waals surface area contributed by atoms with Gasteiger partial charge in [-0.25, -0.2) is 4.79 Å². The number of rotatable bonds is 8. The average molecular weight is 360 g/mol. The van der Waals surface area contributed by atoms with Gasteiger partial charge in [0.15, 0.2) is 0 Å². The van der Waals surface area contributed by atoms with Gasteiger partial charge in [0.05, 0.1) is 0 Å². The predicted octanol–water partition coefficient (Wildman–Crippen LogP) is 5.09. The van der Waals surface area contributed by atoms with E-state index in [2.05, 4.69) is 11.3 Å². The summed E-state index contributed by atoms with van der Waals surface area (Å²) in [6.45, 7) is 3.65. The first-order chi connectivity index (χ1) is 10.0. The van der Waals surface area contributed by atoms with Crippen LogP contribution in [0.25, 0.3) is 0 Å². The van der Waals surface area contributed by atoms with E-state index in [1.807, 2.05) is 0 Å². The van der Waals surface area contributed by atoms with E-state index in [0.717, 1.165) is 6.92 Å². The van der Waals surface area contributed by atoms with Gasteiger partial charge in [0.2, 0.25) is 0 Å². The molecule has 0 aromatic rings. The molecule has 0 radical (unpaired) electrons. The summed E-state index contributed by atoms with van der Waals surface area (Å²) >= 11 is 0. The minimum absolute atomic E-state index is 0.728. The number of unbranched alkanes of at least 4 members (excludes halogenated alkanes) is 1. The zero-order valence-electron chi connectivity index (χ0n) is 11.8. The molecule has 23 heavy (non-hydrogen) atoms. The highest BCUT2D eigenvalue weighted by Crippen LogP contribution is 2.48. The van der Waals surface area contributed by atoms with Crippen molar-refractivity contribution in [2.24, 2.45) is 0 Å². The van der Waals surface area contributed by atoms with E-state index in [1.54, 1.807) is 0 Å². The largest absolute Gasteiger partial charge is 0.473 e. The highest BCUT2D eigenvalue weighted by atomic mass is 19.4. The topological polar surface area (TPSA) is 26.3 Å². The van der Waals surface area contributed by atoms with Gasteiger partial charge in [-0.3, -0.25) is 0 Å². The zero-order chi connectivity index (χ0) is 18.7. The Morgan fingerprint density at radius 2 is 1.35 bits per heavy atom. The second kappa shape index (κ2) is 7.00. The molecule has 0 saturated carbocycles. The van der Waals surface area contributed by atoms with Gasteiger partial charge in [-0.05, 0) is 19.8 Å². The van der Waals surface area contributed by atoms with Crippen molar-refractivity contribution >= 4 is 5.97 Å². The lowest BCUT2D eigenvalue weighted by atomic mass is 10.0. The number of hydrogen-bond acceptors (Lipinski definition) is 2. The summed E-state index contributed by atoms with van der Waals surface area (Å²) in [5.74, 6) is -13.5. The third-order valence-corrected chi connectivity index (χ3v) is 2.60. The lowest BCUT2D eigenvalue weighted by Gasteiger charge is -2.31. The van der Waals surface area contributed by atoms with Crippen molar-refractivity contribution in [3.05, 3.63) is 12.2 Å². The molecule has 0 rings (SSSR count). The Balaban J connectivity index is 4.92. The second-order valence-corrected chi connectivity index (χ2v) is 4.79. The van der Waals surface area contributed by atoms with E-state index in [4.69, 9.17) is 0 Å². The summed E-state index contributed by atoms with van der Waals surface area (Å²) in [7, 11) is 0. The van der Waals surface area contributed by atoms with E-state index in [9.17, 15) is 44.3 Å². The smallest absolute Gasteiger partial charge is 0.393 e. The van der Waals surface area contributed by atoms with Crippen LogP contribution in [0.3, 0.4) is 0 Å². The van der Waals surface area contributed by atoms with Crippen molar-refractivity contribution in [3.63, 3.8) is 0 Å². The third kappa shape index (κ3) is 5.94. The maximum Gasteiger partial charge on any atom is 0.473 e. The van der Waals surface area contributed by atoms with E-state index in [1.165, 1.54) is 0 Å². The molecular weight excluding hydrogens is 347 g/mol. The quantitative estimate of drug-likeness (QED) is 0.261. The SMILES string of the molecule is C=C(C)C(=O)OC(F)(F)C(F)(F)C(F)(F)CCCCC(F)(F)F. The van der Waals surface area contributed by atoms with Gasteiger partial charge in [-0.1, -0.05) is 6.58 Å². The van der Waals surface area contributed by atoms with Crippen LogP contribution in [0.2, 0.25) is 0 Å². The number of halogens is 9. The fourth-order valence-electron chi connectivity index (χ4n) is 1.31. The number of alkyl halides is 9. The molecule has 0 bridgehead atoms. The molecule has 0 aliphatic heterocycles. The van der Waals surface area contributed by atoms with Crippen molar-refractivity contribution in [1.82, 2.24) is 0 Å². The Kier molecular flexibility index (Phi) is 6.56. The highest BCUT2D eigenvalue weighted by molar-refractivity contribution is 5.87. The van der Waals surface area contributed by atoms with E-state index < -0.39 is 61.4 Å². The molecule has 0 heterocycles. The van der Waals surface area contributed by atoms with Crippen LogP contribution in [0.15, 0.2) is 12.2 Å². The van der Waals surface area contributed by atoms with Crippen LogP contribution in [-0.2, 0) is 9.53 Å². The molecule has 0 aromatic carbocycles. The average Bonchev–Trinajstić information content (AvgIpc) is 2.32. The van der Waals surface area contributed by atoms with Crippen LogP contribution in [-0.4, -0.2) is 30.1 Å². The maximum atomic E-state index is 13.2. The minimum Gasteiger partial charge on any atom is -0.393 e. The van der Waals surface area contributed by atoms with Gasteiger partial charge in [-0.15, -0.1) is 0 Å². The first-order valence-electron chi connectivity index (χ1n) is 6.12. The minimum atomic E-state index is -6.09. The Labute approximate surface area is 125 Å². The first-order valence-corrected chi connectivity index (χ1v) is 6.12. The van der Waals surface area contributed by atoms with E-state index >= 15 is 0 Å². The van der Waals surface area contributed by atoms with Gasteiger partial charge in [0, 0.05) is 18.4 Å². The molecule has 2 nitrogen and oxygen atoms in total. The van der Waals surface area contributed by atoms with Gasteiger partial charge < -0.3 is 4.74 Å². The lowest BCUT2D eigenvalue weighted by molar-refractivity contribution is -0.384. The highest BCUT2D eigenvalue weighted by Gasteiger charge is 2.74. The van der Waals surface area contributed by atoms with Crippen LogP contribution in [0.4, 0.5) is 39.5 Å². The van der Waals surface area contributed by atoms with E-state index in [-0.39, 0.29) is 0 Å². The molecule has 11 heteroatoms. The molecule has 0 N–H and O–H groups in total. The van der Waals surface area contributed by atoms with Gasteiger partial charge in [-0.2, -0.15) is 39.5 Å². The molecule has 0 unspecified atom stereocenters. The summed E-state index contributed by atoms with van der Waals surface area (Å²) < 4.78 is 118. The normalized spacial score (nSPS) is 13.8. The molecule has 0 fully saturated rings. The van der Waals surface area contributed by atoms with Crippen LogP contribution in [0.5, 0.6) is 0 Å². The fourth-order valence-corrected chi connectivity index (χ4v) is 1.31. The lowest BCUT2D eigenvalue weighted by Crippen LogP contribution is -2.56. The van der Waals surface area contributed by atoms with Crippen molar-refractivity contribution in [1.29, 1.82) is 0 Å². The Bertz CT molecular complexity index is 440. The Hall–Kier alpha value is -1.42. The summed E-state index contributed by atoms with van der Waals surface area (Å²) in [6, 6.07) is 0. The molecule has 0 atom stereocenters. The van der Waals surface area contributed by atoms with Crippen molar-refractivity contribution in [2.45, 2.75) is 56.7 Å². The molecule has 136 valence electrons. The van der Waals surface area contributed by atoms with Crippen LogP contribution in [0.1, 0.15) is 32.6 Å². The summed E-state index contributed by atoms with van der Waals surface area (Å²) in [5, 5.41) is 0. The Morgan fingerprint density at radius 1 is 0.913 bits per heavy atom. The standard InChI is InChI=1S/C12H13F9O2/c1-7(2)8(22)23-12(20,21)11(18,19)9(13,14)5-3-4-6-10(15,16)17/h1,3-6H2,2H3. The van der Waals surface area contributed by atoms with Crippen LogP contribution >= 0.6 is 0 Å². The van der Waals surface area contributed by atoms with Gasteiger partial charge >= 0.3 is 30.1 Å². The monoisotopic (exact) mass is 360 g/mol. The van der Waals surface area contributed by atoms with Gasteiger partial charge in [0.1, 0.15) is 0 Å². The predicted molar refractivity (Wildman–Crippen MR) is 60.3 cm³/mol. The van der Waals surface area contributed by atoms with E-state index in [0.29, 0.717) is 0 Å². The number of esters is 1. The number of carbonyl (C=O) groups excluding carboxylic acids is 1. The summed E-state index contributed by atoms with van der Waals surface area (Å²) in [5.41, 5.74) is -0.728.